The van der Waals surface area contributed by atoms with Crippen LogP contribution in [0.25, 0.3) is 0 Å². The van der Waals surface area contributed by atoms with E-state index in [0.717, 1.165) is 44.5 Å². The molecule has 148 valence electrons. The lowest BCUT2D eigenvalue weighted by Crippen LogP contribution is -2.53. The van der Waals surface area contributed by atoms with E-state index in [1.165, 1.54) is 0 Å². The van der Waals surface area contributed by atoms with Crippen LogP contribution in [0.3, 0.4) is 0 Å². The minimum atomic E-state index is -0.0950. The molecule has 0 aromatic heterocycles. The second kappa shape index (κ2) is 7.89. The Hall–Kier alpha value is -2.08. The molecule has 3 rings (SSSR count). The van der Waals surface area contributed by atoms with E-state index in [1.807, 2.05) is 30.0 Å². The molecule has 1 aromatic rings. The monoisotopic (exact) mass is 373 g/mol. The summed E-state index contributed by atoms with van der Waals surface area (Å²) in [5, 5.41) is 10.2. The summed E-state index contributed by atoms with van der Waals surface area (Å²) in [6.45, 7) is 5.62. The number of amides is 2. The minimum absolute atomic E-state index is 0.0842. The number of benzene rings is 1. The van der Waals surface area contributed by atoms with Crippen LogP contribution in [0.4, 0.5) is 0 Å². The van der Waals surface area contributed by atoms with Crippen molar-refractivity contribution >= 4 is 11.8 Å². The first-order valence-corrected chi connectivity index (χ1v) is 9.82. The molecule has 1 N–H and O–H groups in total. The van der Waals surface area contributed by atoms with Crippen molar-refractivity contribution in [2.45, 2.75) is 32.6 Å². The number of para-hydroxylation sites is 1. The Morgan fingerprint density at radius 2 is 1.93 bits per heavy atom. The van der Waals surface area contributed by atoms with Gasteiger partial charge < -0.3 is 19.8 Å². The van der Waals surface area contributed by atoms with Gasteiger partial charge in [0, 0.05) is 39.1 Å². The highest BCUT2D eigenvalue weighted by Crippen LogP contribution is 2.40. The quantitative estimate of drug-likeness (QED) is 0.878. The van der Waals surface area contributed by atoms with E-state index in [2.05, 4.69) is 4.90 Å². The maximum absolute atomic E-state index is 12.8. The van der Waals surface area contributed by atoms with Gasteiger partial charge in [0.2, 0.25) is 5.91 Å². The zero-order valence-corrected chi connectivity index (χ0v) is 16.7. The van der Waals surface area contributed by atoms with E-state index >= 15 is 0 Å². The smallest absolute Gasteiger partial charge is 0.257 e. The number of aromatic hydroxyl groups is 1. The minimum Gasteiger partial charge on any atom is -0.507 e. The molecular weight excluding hydrogens is 342 g/mol. The normalized spacial score (nSPS) is 19.8. The van der Waals surface area contributed by atoms with Crippen molar-refractivity contribution in [3.05, 3.63) is 29.3 Å². The SMILES string of the molecule is Cc1cccc(C(=O)N2CCC3(CCC(=O)N(CCN(C)C)C3)CC2)c1O. The Balaban J connectivity index is 1.63. The second-order valence-corrected chi connectivity index (χ2v) is 8.38. The number of hydrogen-bond donors (Lipinski definition) is 1. The van der Waals surface area contributed by atoms with Crippen LogP contribution in [0, 0.1) is 12.3 Å². The largest absolute Gasteiger partial charge is 0.507 e. The Morgan fingerprint density at radius 3 is 2.59 bits per heavy atom. The average molecular weight is 373 g/mol. The van der Waals surface area contributed by atoms with Gasteiger partial charge in [-0.2, -0.15) is 0 Å². The van der Waals surface area contributed by atoms with E-state index in [1.54, 1.807) is 19.1 Å². The van der Waals surface area contributed by atoms with Crippen LogP contribution in [0.15, 0.2) is 18.2 Å². The van der Waals surface area contributed by atoms with Crippen LogP contribution < -0.4 is 0 Å². The molecule has 2 saturated heterocycles. The number of carbonyl (C=O) groups is 2. The number of carbonyl (C=O) groups excluding carboxylic acids is 2. The number of aryl methyl sites for hydroxylation is 1. The predicted octanol–water partition coefficient (Wildman–Crippen LogP) is 2.11. The molecule has 2 aliphatic heterocycles. The summed E-state index contributed by atoms with van der Waals surface area (Å²) >= 11 is 0. The van der Waals surface area contributed by atoms with Crippen molar-refractivity contribution in [3.63, 3.8) is 0 Å². The zero-order chi connectivity index (χ0) is 19.6. The third-order valence-electron chi connectivity index (χ3n) is 6.14. The number of nitrogens with zero attached hydrogens (tertiary/aromatic N) is 3. The first kappa shape index (κ1) is 19.7. The highest BCUT2D eigenvalue weighted by molar-refractivity contribution is 5.97. The standard InChI is InChI=1S/C21H31N3O3/c1-16-5-4-6-17(19(16)26)20(27)23-11-9-21(10-12-23)8-7-18(25)24(15-21)14-13-22(2)3/h4-6,26H,7-15H2,1-3H3. The van der Waals surface area contributed by atoms with Gasteiger partial charge >= 0.3 is 0 Å². The van der Waals surface area contributed by atoms with E-state index in [-0.39, 0.29) is 23.0 Å². The van der Waals surface area contributed by atoms with E-state index in [9.17, 15) is 14.7 Å². The van der Waals surface area contributed by atoms with Gasteiger partial charge in [-0.1, -0.05) is 12.1 Å². The lowest BCUT2D eigenvalue weighted by molar-refractivity contribution is -0.139. The number of phenols is 1. The fraction of sp³-hybridized carbons (Fsp3) is 0.619. The van der Waals surface area contributed by atoms with Crippen molar-refractivity contribution in [2.24, 2.45) is 5.41 Å². The molecule has 6 heteroatoms. The molecule has 27 heavy (non-hydrogen) atoms. The van der Waals surface area contributed by atoms with Crippen LogP contribution >= 0.6 is 0 Å². The van der Waals surface area contributed by atoms with Crippen LogP contribution in [-0.2, 0) is 4.79 Å². The van der Waals surface area contributed by atoms with Crippen molar-refractivity contribution in [1.82, 2.24) is 14.7 Å². The number of likely N-dealkylation sites (tertiary alicyclic amines) is 2. The molecule has 1 spiro atoms. The van der Waals surface area contributed by atoms with Crippen LogP contribution in [-0.4, -0.2) is 78.4 Å². The molecule has 6 nitrogen and oxygen atoms in total. The molecule has 0 saturated carbocycles. The van der Waals surface area contributed by atoms with Crippen LogP contribution in [0.5, 0.6) is 5.75 Å². The van der Waals surface area contributed by atoms with Crippen molar-refractivity contribution in [2.75, 3.05) is 46.8 Å². The fourth-order valence-corrected chi connectivity index (χ4v) is 4.22. The summed E-state index contributed by atoms with van der Waals surface area (Å²) < 4.78 is 0. The third-order valence-corrected chi connectivity index (χ3v) is 6.14. The first-order valence-electron chi connectivity index (χ1n) is 9.82. The molecule has 2 amide bonds. The van der Waals surface area contributed by atoms with E-state index in [0.29, 0.717) is 25.1 Å². The van der Waals surface area contributed by atoms with Gasteiger partial charge in [-0.3, -0.25) is 9.59 Å². The van der Waals surface area contributed by atoms with Crippen molar-refractivity contribution < 1.29 is 14.7 Å². The number of phenolic OH excluding ortho intramolecular Hbond substituents is 1. The molecule has 1 aromatic carbocycles. The predicted molar refractivity (Wildman–Crippen MR) is 105 cm³/mol. The molecule has 0 bridgehead atoms. The first-order chi connectivity index (χ1) is 12.8. The van der Waals surface area contributed by atoms with Gasteiger partial charge in [0.25, 0.3) is 5.91 Å². The molecule has 0 aliphatic carbocycles. The van der Waals surface area contributed by atoms with Gasteiger partial charge in [-0.15, -0.1) is 0 Å². The lowest BCUT2D eigenvalue weighted by Gasteiger charge is -2.47. The second-order valence-electron chi connectivity index (χ2n) is 8.38. The molecule has 0 atom stereocenters. The summed E-state index contributed by atoms with van der Waals surface area (Å²) in [5.74, 6) is 0.244. The summed E-state index contributed by atoms with van der Waals surface area (Å²) in [6.07, 6.45) is 3.36. The van der Waals surface area contributed by atoms with E-state index < -0.39 is 0 Å². The summed E-state index contributed by atoms with van der Waals surface area (Å²) in [5.41, 5.74) is 1.24. The van der Waals surface area contributed by atoms with Crippen molar-refractivity contribution in [1.29, 1.82) is 0 Å². The van der Waals surface area contributed by atoms with Gasteiger partial charge in [0.05, 0.1) is 5.56 Å². The Morgan fingerprint density at radius 1 is 1.22 bits per heavy atom. The molecule has 2 fully saturated rings. The summed E-state index contributed by atoms with van der Waals surface area (Å²) in [6, 6.07) is 5.30. The molecule has 0 radical (unpaired) electrons. The number of rotatable bonds is 4. The maximum Gasteiger partial charge on any atom is 0.257 e. The molecule has 0 unspecified atom stereocenters. The molecule has 2 heterocycles. The highest BCUT2D eigenvalue weighted by Gasteiger charge is 2.41. The Kier molecular flexibility index (Phi) is 5.75. The van der Waals surface area contributed by atoms with E-state index in [4.69, 9.17) is 0 Å². The summed E-state index contributed by atoms with van der Waals surface area (Å²) in [4.78, 5) is 31.1. The summed E-state index contributed by atoms with van der Waals surface area (Å²) in [7, 11) is 4.05. The molecule has 2 aliphatic rings. The third kappa shape index (κ3) is 4.26. The number of hydrogen-bond acceptors (Lipinski definition) is 4. The topological polar surface area (TPSA) is 64.1 Å². The zero-order valence-electron chi connectivity index (χ0n) is 16.7. The van der Waals surface area contributed by atoms with Gasteiger partial charge in [0.1, 0.15) is 5.75 Å². The lowest BCUT2D eigenvalue weighted by atomic mass is 9.72. The van der Waals surface area contributed by atoms with Crippen molar-refractivity contribution in [3.8, 4) is 5.75 Å². The van der Waals surface area contributed by atoms with Gasteiger partial charge in [-0.25, -0.2) is 0 Å². The Labute approximate surface area is 161 Å². The molecular formula is C21H31N3O3. The highest BCUT2D eigenvalue weighted by atomic mass is 16.3. The number of likely N-dealkylation sites (N-methyl/N-ethyl adjacent to an activating group) is 1. The average Bonchev–Trinajstić information content (AvgIpc) is 2.65. The fourth-order valence-electron chi connectivity index (χ4n) is 4.22. The Bertz CT molecular complexity index is 709. The van der Waals surface area contributed by atoms with Gasteiger partial charge in [-0.05, 0) is 57.3 Å². The van der Waals surface area contributed by atoms with Gasteiger partial charge in [0.15, 0.2) is 0 Å². The number of piperidine rings is 2. The van der Waals surface area contributed by atoms with Crippen LogP contribution in [0.1, 0.15) is 41.6 Å². The van der Waals surface area contributed by atoms with Crippen LogP contribution in [0.2, 0.25) is 0 Å². The maximum atomic E-state index is 12.8.